The third kappa shape index (κ3) is 3.71. The average molecular weight is 347 g/mol. The molecule has 1 aromatic carbocycles. The topological polar surface area (TPSA) is 75.7 Å². The van der Waals surface area contributed by atoms with Crippen molar-refractivity contribution in [3.63, 3.8) is 0 Å². The third-order valence-corrected chi connectivity index (χ3v) is 5.33. The summed E-state index contributed by atoms with van der Waals surface area (Å²) < 4.78 is 32.4. The highest BCUT2D eigenvalue weighted by molar-refractivity contribution is 7.89. The van der Waals surface area contributed by atoms with Crippen LogP contribution in [0, 0.1) is 0 Å². The first kappa shape index (κ1) is 17.1. The van der Waals surface area contributed by atoms with Crippen LogP contribution in [0.1, 0.15) is 19.8 Å². The molecule has 6 nitrogen and oxygen atoms in total. The SMILES string of the molecule is COc1ccc(Cl)cc1S(=O)(=O)NC(C)C(=O)N1CCCC1. The number of halogens is 1. The lowest BCUT2D eigenvalue weighted by Crippen LogP contribution is -2.45. The molecule has 1 aromatic rings. The van der Waals surface area contributed by atoms with Crippen LogP contribution in [-0.2, 0) is 14.8 Å². The van der Waals surface area contributed by atoms with Gasteiger partial charge in [0.1, 0.15) is 10.6 Å². The summed E-state index contributed by atoms with van der Waals surface area (Å²) in [5.41, 5.74) is 0. The Bertz CT molecular complexity index is 657. The highest BCUT2D eigenvalue weighted by atomic mass is 35.5. The van der Waals surface area contributed by atoms with E-state index in [0.717, 1.165) is 12.8 Å². The molecule has 1 saturated heterocycles. The monoisotopic (exact) mass is 346 g/mol. The molecule has 0 saturated carbocycles. The van der Waals surface area contributed by atoms with Crippen LogP contribution in [0.2, 0.25) is 5.02 Å². The minimum absolute atomic E-state index is 0.0800. The number of carbonyl (C=O) groups is 1. The van der Waals surface area contributed by atoms with Crippen molar-refractivity contribution in [2.75, 3.05) is 20.2 Å². The number of nitrogens with one attached hydrogen (secondary N) is 1. The molecule has 122 valence electrons. The van der Waals surface area contributed by atoms with Gasteiger partial charge in [0.25, 0.3) is 0 Å². The number of ether oxygens (including phenoxy) is 1. The number of carbonyl (C=O) groups excluding carboxylic acids is 1. The molecule has 1 unspecified atom stereocenters. The first-order chi connectivity index (χ1) is 10.3. The first-order valence-electron chi connectivity index (χ1n) is 7.00. The number of amides is 1. The Hall–Kier alpha value is -1.31. The third-order valence-electron chi connectivity index (χ3n) is 3.54. The van der Waals surface area contributed by atoms with Gasteiger partial charge in [-0.3, -0.25) is 4.79 Å². The quantitative estimate of drug-likeness (QED) is 0.879. The fraction of sp³-hybridized carbons (Fsp3) is 0.500. The Morgan fingerprint density at radius 3 is 2.59 bits per heavy atom. The van der Waals surface area contributed by atoms with Gasteiger partial charge in [-0.15, -0.1) is 0 Å². The van der Waals surface area contributed by atoms with Crippen LogP contribution < -0.4 is 9.46 Å². The van der Waals surface area contributed by atoms with Crippen molar-refractivity contribution in [2.24, 2.45) is 0 Å². The first-order valence-corrected chi connectivity index (χ1v) is 8.86. The van der Waals surface area contributed by atoms with Gasteiger partial charge in [-0.1, -0.05) is 11.6 Å². The minimum Gasteiger partial charge on any atom is -0.495 e. The van der Waals surface area contributed by atoms with Gasteiger partial charge >= 0.3 is 0 Å². The summed E-state index contributed by atoms with van der Waals surface area (Å²) in [5.74, 6) is -0.0419. The average Bonchev–Trinajstić information content (AvgIpc) is 3.00. The fourth-order valence-corrected chi connectivity index (χ4v) is 4.05. The number of benzene rings is 1. The predicted octanol–water partition coefficient (Wildman–Crippen LogP) is 1.64. The van der Waals surface area contributed by atoms with Gasteiger partial charge in [-0.05, 0) is 38.0 Å². The maximum absolute atomic E-state index is 12.5. The smallest absolute Gasteiger partial charge is 0.245 e. The van der Waals surface area contributed by atoms with Crippen molar-refractivity contribution >= 4 is 27.5 Å². The molecule has 1 aliphatic heterocycles. The van der Waals surface area contributed by atoms with E-state index in [1.54, 1.807) is 4.90 Å². The maximum Gasteiger partial charge on any atom is 0.245 e. The summed E-state index contributed by atoms with van der Waals surface area (Å²) in [6.07, 6.45) is 1.90. The summed E-state index contributed by atoms with van der Waals surface area (Å²) in [5, 5.41) is 0.277. The molecule has 8 heteroatoms. The Morgan fingerprint density at radius 2 is 2.00 bits per heavy atom. The number of sulfonamides is 1. The Labute approximate surface area is 135 Å². The minimum atomic E-state index is -3.91. The lowest BCUT2D eigenvalue weighted by Gasteiger charge is -2.21. The molecular formula is C14H19ClN2O4S. The molecule has 1 N–H and O–H groups in total. The van der Waals surface area contributed by atoms with E-state index >= 15 is 0 Å². The van der Waals surface area contributed by atoms with Crippen molar-refractivity contribution in [3.05, 3.63) is 23.2 Å². The number of methoxy groups -OCH3 is 1. The van der Waals surface area contributed by atoms with Gasteiger partial charge in [0.05, 0.1) is 13.2 Å². The molecule has 0 aromatic heterocycles. The number of rotatable bonds is 5. The molecule has 0 aliphatic carbocycles. The molecule has 1 fully saturated rings. The van der Waals surface area contributed by atoms with Crippen molar-refractivity contribution in [1.29, 1.82) is 0 Å². The van der Waals surface area contributed by atoms with Gasteiger partial charge in [-0.25, -0.2) is 8.42 Å². The molecule has 0 radical (unpaired) electrons. The van der Waals surface area contributed by atoms with Gasteiger partial charge in [-0.2, -0.15) is 4.72 Å². The van der Waals surface area contributed by atoms with E-state index in [-0.39, 0.29) is 21.6 Å². The normalized spacial score (nSPS) is 16.6. The van der Waals surface area contributed by atoms with Crippen LogP contribution in [0.3, 0.4) is 0 Å². The van der Waals surface area contributed by atoms with E-state index in [9.17, 15) is 13.2 Å². The van der Waals surface area contributed by atoms with E-state index in [4.69, 9.17) is 16.3 Å². The van der Waals surface area contributed by atoms with Gasteiger partial charge in [0.2, 0.25) is 15.9 Å². The molecule has 2 rings (SSSR count). The molecule has 22 heavy (non-hydrogen) atoms. The summed E-state index contributed by atoms with van der Waals surface area (Å²) in [7, 11) is -2.53. The van der Waals surface area contributed by atoms with E-state index in [1.807, 2.05) is 0 Å². The van der Waals surface area contributed by atoms with Crippen molar-refractivity contribution < 1.29 is 17.9 Å². The number of hydrogen-bond donors (Lipinski definition) is 1. The zero-order valence-corrected chi connectivity index (χ0v) is 14.1. The zero-order valence-electron chi connectivity index (χ0n) is 12.5. The van der Waals surface area contributed by atoms with Gasteiger partial charge in [0, 0.05) is 18.1 Å². The number of hydrogen-bond acceptors (Lipinski definition) is 4. The van der Waals surface area contributed by atoms with Crippen molar-refractivity contribution in [3.8, 4) is 5.75 Å². The summed E-state index contributed by atoms with van der Waals surface area (Å²) >= 11 is 5.86. The Kier molecular flexibility index (Phi) is 5.31. The second kappa shape index (κ2) is 6.85. The van der Waals surface area contributed by atoms with E-state index in [1.165, 1.54) is 32.2 Å². The molecule has 1 aliphatic rings. The van der Waals surface area contributed by atoms with E-state index in [2.05, 4.69) is 4.72 Å². The summed E-state index contributed by atoms with van der Waals surface area (Å²) in [4.78, 5) is 13.8. The Balaban J connectivity index is 2.20. The van der Waals surface area contributed by atoms with E-state index in [0.29, 0.717) is 13.1 Å². The van der Waals surface area contributed by atoms with Crippen molar-refractivity contribution in [1.82, 2.24) is 9.62 Å². The largest absolute Gasteiger partial charge is 0.495 e. The highest BCUT2D eigenvalue weighted by Crippen LogP contribution is 2.27. The zero-order chi connectivity index (χ0) is 16.3. The lowest BCUT2D eigenvalue weighted by atomic mass is 10.3. The van der Waals surface area contributed by atoms with Crippen LogP contribution in [0.25, 0.3) is 0 Å². The lowest BCUT2D eigenvalue weighted by molar-refractivity contribution is -0.131. The molecular weight excluding hydrogens is 328 g/mol. The second-order valence-corrected chi connectivity index (χ2v) is 7.29. The Morgan fingerprint density at radius 1 is 1.36 bits per heavy atom. The number of nitrogens with zero attached hydrogens (tertiary/aromatic N) is 1. The van der Waals surface area contributed by atoms with Gasteiger partial charge < -0.3 is 9.64 Å². The van der Waals surface area contributed by atoms with Crippen molar-refractivity contribution in [2.45, 2.75) is 30.7 Å². The highest BCUT2D eigenvalue weighted by Gasteiger charge is 2.29. The predicted molar refractivity (Wildman–Crippen MR) is 83.6 cm³/mol. The van der Waals surface area contributed by atoms with Crippen LogP contribution in [0.5, 0.6) is 5.75 Å². The van der Waals surface area contributed by atoms with Crippen LogP contribution >= 0.6 is 11.6 Å². The summed E-state index contributed by atoms with van der Waals surface area (Å²) in [6, 6.07) is 3.48. The van der Waals surface area contributed by atoms with Crippen LogP contribution in [0.15, 0.2) is 23.1 Å². The molecule has 1 atom stereocenters. The maximum atomic E-state index is 12.5. The summed E-state index contributed by atoms with van der Waals surface area (Å²) in [6.45, 7) is 2.88. The molecule has 1 heterocycles. The van der Waals surface area contributed by atoms with Gasteiger partial charge in [0.15, 0.2) is 0 Å². The standard InChI is InChI=1S/C14H19ClN2O4S/c1-10(14(18)17-7-3-4-8-17)16-22(19,20)13-9-11(15)5-6-12(13)21-2/h5-6,9-10,16H,3-4,7-8H2,1-2H3. The second-order valence-electron chi connectivity index (χ2n) is 5.17. The molecule has 1 amide bonds. The van der Waals surface area contributed by atoms with Crippen LogP contribution in [-0.4, -0.2) is 45.5 Å². The number of likely N-dealkylation sites (tertiary alicyclic amines) is 1. The molecule has 0 bridgehead atoms. The van der Waals surface area contributed by atoms with E-state index < -0.39 is 16.1 Å². The fourth-order valence-electron chi connectivity index (χ4n) is 2.42. The molecule has 0 spiro atoms. The van der Waals surface area contributed by atoms with Crippen LogP contribution in [0.4, 0.5) is 0 Å².